The fourth-order valence-corrected chi connectivity index (χ4v) is 1.99. The molecule has 1 saturated heterocycles. The van der Waals surface area contributed by atoms with Crippen LogP contribution in [0.4, 0.5) is 10.5 Å². The topological polar surface area (TPSA) is 58.6 Å². The van der Waals surface area contributed by atoms with Crippen LogP contribution in [0, 0.1) is 0 Å². The number of ketones is 1. The maximum absolute atomic E-state index is 12.0. The van der Waals surface area contributed by atoms with Crippen LogP contribution in [-0.4, -0.2) is 42.5 Å². The maximum atomic E-state index is 12.0. The number of carbonyl (C=O) groups is 2. The summed E-state index contributed by atoms with van der Waals surface area (Å²) in [6, 6.07) is 6.75. The minimum atomic E-state index is -0.134. The average Bonchev–Trinajstić information content (AvgIpc) is 2.39. The van der Waals surface area contributed by atoms with E-state index in [1.165, 1.54) is 6.92 Å². The van der Waals surface area contributed by atoms with Gasteiger partial charge in [0.1, 0.15) is 0 Å². The van der Waals surface area contributed by atoms with Crippen molar-refractivity contribution in [3.63, 3.8) is 0 Å². The number of nitrogens with zero attached hydrogens (tertiary/aromatic N) is 1. The molecule has 0 saturated carbocycles. The molecule has 102 valence electrons. The van der Waals surface area contributed by atoms with Crippen LogP contribution in [0.25, 0.3) is 0 Å². The summed E-state index contributed by atoms with van der Waals surface area (Å²) < 4.78 is 5.39. The van der Waals surface area contributed by atoms with Crippen molar-refractivity contribution >= 4 is 17.5 Å². The molecule has 19 heavy (non-hydrogen) atoms. The summed E-state index contributed by atoms with van der Waals surface area (Å²) >= 11 is 0. The lowest BCUT2D eigenvalue weighted by Crippen LogP contribution is -2.46. The quantitative estimate of drug-likeness (QED) is 0.831. The molecular formula is C14H18N2O3. The summed E-state index contributed by atoms with van der Waals surface area (Å²) in [4.78, 5) is 24.9. The van der Waals surface area contributed by atoms with Gasteiger partial charge in [0.05, 0.1) is 12.7 Å². The summed E-state index contributed by atoms with van der Waals surface area (Å²) in [5, 5.41) is 2.82. The number of hydrogen-bond donors (Lipinski definition) is 1. The van der Waals surface area contributed by atoms with E-state index in [9.17, 15) is 9.59 Å². The van der Waals surface area contributed by atoms with E-state index >= 15 is 0 Å². The molecule has 1 aliphatic heterocycles. The van der Waals surface area contributed by atoms with Crippen molar-refractivity contribution in [1.29, 1.82) is 0 Å². The minimum Gasteiger partial charge on any atom is -0.375 e. The van der Waals surface area contributed by atoms with Crippen LogP contribution in [0.5, 0.6) is 0 Å². The summed E-state index contributed by atoms with van der Waals surface area (Å²) in [5.74, 6) is 0.0138. The molecule has 0 spiro atoms. The third kappa shape index (κ3) is 3.54. The molecule has 1 N–H and O–H groups in total. The fraction of sp³-hybridized carbons (Fsp3) is 0.429. The molecular weight excluding hydrogens is 244 g/mol. The average molecular weight is 262 g/mol. The highest BCUT2D eigenvalue weighted by molar-refractivity contribution is 5.95. The van der Waals surface area contributed by atoms with E-state index in [1.54, 1.807) is 29.2 Å². The van der Waals surface area contributed by atoms with Gasteiger partial charge in [-0.3, -0.25) is 4.79 Å². The molecule has 1 heterocycles. The van der Waals surface area contributed by atoms with Gasteiger partial charge in [-0.25, -0.2) is 4.79 Å². The van der Waals surface area contributed by atoms with Crippen LogP contribution in [0.3, 0.4) is 0 Å². The molecule has 5 nitrogen and oxygen atoms in total. The Morgan fingerprint density at radius 1 is 1.32 bits per heavy atom. The standard InChI is InChI=1S/C14H18N2O3/c1-10-9-16(7-8-19-10)14(18)15-13-5-3-12(4-6-13)11(2)17/h3-6,10H,7-9H2,1-2H3,(H,15,18). The highest BCUT2D eigenvalue weighted by atomic mass is 16.5. The Bertz CT molecular complexity index is 470. The molecule has 1 unspecified atom stereocenters. The van der Waals surface area contributed by atoms with Crippen molar-refractivity contribution in [2.45, 2.75) is 20.0 Å². The Hall–Kier alpha value is -1.88. The van der Waals surface area contributed by atoms with E-state index in [0.29, 0.717) is 30.9 Å². The summed E-state index contributed by atoms with van der Waals surface area (Å²) in [7, 11) is 0. The van der Waals surface area contributed by atoms with Gasteiger partial charge in [-0.1, -0.05) is 0 Å². The number of Topliss-reactive ketones (excluding diaryl/α,β-unsaturated/α-hetero) is 1. The molecule has 1 aromatic rings. The number of ether oxygens (including phenoxy) is 1. The van der Waals surface area contributed by atoms with Gasteiger partial charge in [0, 0.05) is 24.3 Å². The van der Waals surface area contributed by atoms with Gasteiger partial charge in [-0.15, -0.1) is 0 Å². The second-order valence-corrected chi connectivity index (χ2v) is 4.69. The van der Waals surface area contributed by atoms with Crippen LogP contribution >= 0.6 is 0 Å². The minimum absolute atomic E-state index is 0.0138. The van der Waals surface area contributed by atoms with Crippen molar-refractivity contribution in [1.82, 2.24) is 4.90 Å². The van der Waals surface area contributed by atoms with E-state index < -0.39 is 0 Å². The van der Waals surface area contributed by atoms with Crippen LogP contribution in [0.15, 0.2) is 24.3 Å². The Labute approximate surface area is 112 Å². The SMILES string of the molecule is CC(=O)c1ccc(NC(=O)N2CCOC(C)C2)cc1. The van der Waals surface area contributed by atoms with Gasteiger partial charge in [0.25, 0.3) is 0 Å². The lowest BCUT2D eigenvalue weighted by Gasteiger charge is -2.31. The molecule has 0 bridgehead atoms. The summed E-state index contributed by atoms with van der Waals surface area (Å²) in [6.45, 7) is 5.22. The Morgan fingerprint density at radius 2 is 2.00 bits per heavy atom. The van der Waals surface area contributed by atoms with Crippen molar-refractivity contribution in [3.05, 3.63) is 29.8 Å². The zero-order valence-corrected chi connectivity index (χ0v) is 11.2. The zero-order valence-electron chi connectivity index (χ0n) is 11.2. The first kappa shape index (κ1) is 13.5. The lowest BCUT2D eigenvalue weighted by atomic mass is 10.1. The number of morpholine rings is 1. The second kappa shape index (κ2) is 5.84. The number of hydrogen-bond acceptors (Lipinski definition) is 3. The van der Waals surface area contributed by atoms with Gasteiger partial charge >= 0.3 is 6.03 Å². The Kier molecular flexibility index (Phi) is 4.16. The van der Waals surface area contributed by atoms with E-state index in [-0.39, 0.29) is 17.9 Å². The summed E-state index contributed by atoms with van der Waals surface area (Å²) in [6.07, 6.45) is 0.0691. The van der Waals surface area contributed by atoms with Crippen molar-refractivity contribution in [2.24, 2.45) is 0 Å². The van der Waals surface area contributed by atoms with Crippen LogP contribution in [-0.2, 0) is 4.74 Å². The normalized spacial score (nSPS) is 19.1. The number of nitrogens with one attached hydrogen (secondary N) is 1. The number of amides is 2. The highest BCUT2D eigenvalue weighted by Crippen LogP contribution is 2.12. The largest absolute Gasteiger partial charge is 0.375 e. The first-order valence-corrected chi connectivity index (χ1v) is 6.35. The van der Waals surface area contributed by atoms with Gasteiger partial charge in [0.2, 0.25) is 0 Å². The van der Waals surface area contributed by atoms with E-state index in [0.717, 1.165) is 0 Å². The lowest BCUT2D eigenvalue weighted by molar-refractivity contribution is -0.00138. The second-order valence-electron chi connectivity index (χ2n) is 4.69. The number of carbonyl (C=O) groups excluding carboxylic acids is 2. The highest BCUT2D eigenvalue weighted by Gasteiger charge is 2.21. The summed E-state index contributed by atoms with van der Waals surface area (Å²) in [5.41, 5.74) is 1.33. The van der Waals surface area contributed by atoms with E-state index in [2.05, 4.69) is 5.32 Å². The van der Waals surface area contributed by atoms with E-state index in [1.807, 2.05) is 6.92 Å². The van der Waals surface area contributed by atoms with Crippen molar-refractivity contribution in [3.8, 4) is 0 Å². The van der Waals surface area contributed by atoms with Gasteiger partial charge in [-0.2, -0.15) is 0 Å². The molecule has 1 aliphatic rings. The number of benzene rings is 1. The smallest absolute Gasteiger partial charge is 0.322 e. The Balaban J connectivity index is 1.96. The molecule has 1 atom stereocenters. The molecule has 1 fully saturated rings. The molecule has 0 aliphatic carbocycles. The first-order valence-electron chi connectivity index (χ1n) is 6.35. The van der Waals surface area contributed by atoms with Gasteiger partial charge in [0.15, 0.2) is 5.78 Å². The van der Waals surface area contributed by atoms with Gasteiger partial charge in [-0.05, 0) is 38.1 Å². The van der Waals surface area contributed by atoms with Gasteiger partial charge < -0.3 is 15.0 Å². The predicted molar refractivity (Wildman–Crippen MR) is 72.5 cm³/mol. The fourth-order valence-electron chi connectivity index (χ4n) is 1.99. The van der Waals surface area contributed by atoms with Crippen molar-refractivity contribution in [2.75, 3.05) is 25.0 Å². The molecule has 2 rings (SSSR count). The number of anilines is 1. The third-order valence-electron chi connectivity index (χ3n) is 3.07. The molecule has 5 heteroatoms. The predicted octanol–water partition coefficient (Wildman–Crippen LogP) is 2.14. The third-order valence-corrected chi connectivity index (χ3v) is 3.07. The molecule has 1 aromatic carbocycles. The maximum Gasteiger partial charge on any atom is 0.322 e. The van der Waals surface area contributed by atoms with Crippen molar-refractivity contribution < 1.29 is 14.3 Å². The number of rotatable bonds is 2. The monoisotopic (exact) mass is 262 g/mol. The first-order chi connectivity index (χ1) is 9.06. The molecule has 2 amide bonds. The number of urea groups is 1. The van der Waals surface area contributed by atoms with Crippen LogP contribution in [0.1, 0.15) is 24.2 Å². The van der Waals surface area contributed by atoms with Crippen LogP contribution in [0.2, 0.25) is 0 Å². The molecule has 0 radical (unpaired) electrons. The van der Waals surface area contributed by atoms with Crippen LogP contribution < -0.4 is 5.32 Å². The van der Waals surface area contributed by atoms with E-state index in [4.69, 9.17) is 4.74 Å². The Morgan fingerprint density at radius 3 is 2.58 bits per heavy atom. The zero-order chi connectivity index (χ0) is 13.8. The molecule has 0 aromatic heterocycles.